The molecule has 6 heteroatoms. The van der Waals surface area contributed by atoms with Crippen molar-refractivity contribution in [2.45, 2.75) is 12.8 Å². The Hall–Kier alpha value is -1.40. The van der Waals surface area contributed by atoms with Crippen molar-refractivity contribution in [1.29, 1.82) is 0 Å². The summed E-state index contributed by atoms with van der Waals surface area (Å²) in [6.07, 6.45) is 2.00. The van der Waals surface area contributed by atoms with Gasteiger partial charge in [-0.05, 0) is 37.0 Å². The first-order valence-corrected chi connectivity index (χ1v) is 7.62. The van der Waals surface area contributed by atoms with Crippen LogP contribution in [0.15, 0.2) is 22.7 Å². The first kappa shape index (κ1) is 16.0. The maximum absolute atomic E-state index is 12.5. The van der Waals surface area contributed by atoms with Gasteiger partial charge in [-0.25, -0.2) is 4.79 Å². The van der Waals surface area contributed by atoms with Crippen LogP contribution in [0, 0.1) is 5.92 Å². The van der Waals surface area contributed by atoms with Crippen molar-refractivity contribution in [3.8, 4) is 0 Å². The van der Waals surface area contributed by atoms with Crippen molar-refractivity contribution in [3.05, 3.63) is 33.8 Å². The lowest BCUT2D eigenvalue weighted by molar-refractivity contribution is 0.0571. The molecule has 5 nitrogen and oxygen atoms in total. The van der Waals surface area contributed by atoms with Gasteiger partial charge in [0.1, 0.15) is 0 Å². The number of benzene rings is 1. The molecule has 1 N–H and O–H groups in total. The summed E-state index contributed by atoms with van der Waals surface area (Å²) in [5.74, 6) is -0.820. The summed E-state index contributed by atoms with van der Waals surface area (Å²) in [5, 5.41) is 9.08. The minimum atomic E-state index is -1.04. The van der Waals surface area contributed by atoms with E-state index in [1.165, 1.54) is 12.1 Å². The van der Waals surface area contributed by atoms with Gasteiger partial charge < -0.3 is 14.7 Å². The van der Waals surface area contributed by atoms with E-state index in [1.807, 2.05) is 0 Å². The molecule has 0 spiro atoms. The Kier molecular flexibility index (Phi) is 5.36. The van der Waals surface area contributed by atoms with Gasteiger partial charge in [0.25, 0.3) is 5.91 Å². The zero-order valence-electron chi connectivity index (χ0n) is 11.8. The molecule has 21 heavy (non-hydrogen) atoms. The second-order valence-electron chi connectivity index (χ2n) is 5.25. The molecule has 1 fully saturated rings. The lowest BCUT2D eigenvalue weighted by Gasteiger charge is -2.32. The molecular weight excluding hydrogens is 338 g/mol. The van der Waals surface area contributed by atoms with Crippen molar-refractivity contribution in [3.63, 3.8) is 0 Å². The van der Waals surface area contributed by atoms with E-state index < -0.39 is 5.97 Å². The summed E-state index contributed by atoms with van der Waals surface area (Å²) in [7, 11) is 1.66. The number of carboxylic acids is 1. The number of methoxy groups -OCH3 is 1. The first-order chi connectivity index (χ1) is 10.0. The molecule has 1 aliphatic heterocycles. The van der Waals surface area contributed by atoms with Crippen LogP contribution >= 0.6 is 15.9 Å². The van der Waals surface area contributed by atoms with Crippen molar-refractivity contribution in [2.24, 2.45) is 5.92 Å². The van der Waals surface area contributed by atoms with Crippen LogP contribution in [0.2, 0.25) is 0 Å². The van der Waals surface area contributed by atoms with Gasteiger partial charge in [0.05, 0.1) is 12.2 Å². The molecular formula is C15H18BrNO4. The maximum Gasteiger partial charge on any atom is 0.335 e. The van der Waals surface area contributed by atoms with E-state index in [0.717, 1.165) is 12.8 Å². The van der Waals surface area contributed by atoms with Gasteiger partial charge in [-0.3, -0.25) is 4.79 Å². The van der Waals surface area contributed by atoms with Crippen LogP contribution in [-0.2, 0) is 4.74 Å². The highest BCUT2D eigenvalue weighted by Gasteiger charge is 2.25. The molecule has 1 amide bonds. The highest BCUT2D eigenvalue weighted by Crippen LogP contribution is 2.21. The number of carbonyl (C=O) groups excluding carboxylic acids is 1. The lowest BCUT2D eigenvalue weighted by Crippen LogP contribution is -2.41. The Morgan fingerprint density at radius 1 is 1.38 bits per heavy atom. The number of hydrogen-bond acceptors (Lipinski definition) is 3. The molecule has 0 bridgehead atoms. The summed E-state index contributed by atoms with van der Waals surface area (Å²) < 4.78 is 5.76. The van der Waals surface area contributed by atoms with Crippen molar-refractivity contribution < 1.29 is 19.4 Å². The van der Waals surface area contributed by atoms with Crippen LogP contribution in [0.25, 0.3) is 0 Å². The van der Waals surface area contributed by atoms with Gasteiger partial charge in [-0.1, -0.05) is 15.9 Å². The second-order valence-corrected chi connectivity index (χ2v) is 6.16. The molecule has 2 rings (SSSR count). The van der Waals surface area contributed by atoms with Crippen molar-refractivity contribution >= 4 is 27.8 Å². The molecule has 1 aliphatic rings. The average molecular weight is 356 g/mol. The minimum Gasteiger partial charge on any atom is -0.478 e. The van der Waals surface area contributed by atoms with E-state index in [0.29, 0.717) is 35.7 Å². The number of carboxylic acid groups (broad SMARTS) is 1. The van der Waals surface area contributed by atoms with Gasteiger partial charge in [-0.2, -0.15) is 0 Å². The lowest BCUT2D eigenvalue weighted by atomic mass is 9.98. The predicted octanol–water partition coefficient (Wildman–Crippen LogP) is 2.65. The highest BCUT2D eigenvalue weighted by molar-refractivity contribution is 9.10. The van der Waals surface area contributed by atoms with Crippen LogP contribution in [0.1, 0.15) is 33.6 Å². The SMILES string of the molecule is COCC1CCCN(C(=O)c2cc(Br)cc(C(=O)O)c2)C1. The number of carbonyl (C=O) groups is 2. The fraction of sp³-hybridized carbons (Fsp3) is 0.467. The Morgan fingerprint density at radius 2 is 2.10 bits per heavy atom. The van der Waals surface area contributed by atoms with Gasteiger partial charge in [-0.15, -0.1) is 0 Å². The molecule has 0 radical (unpaired) electrons. The Morgan fingerprint density at radius 3 is 2.76 bits per heavy atom. The molecule has 1 aromatic carbocycles. The number of rotatable bonds is 4. The molecule has 1 unspecified atom stereocenters. The molecule has 114 valence electrons. The van der Waals surface area contributed by atoms with Crippen molar-refractivity contribution in [2.75, 3.05) is 26.8 Å². The summed E-state index contributed by atoms with van der Waals surface area (Å²) in [6.45, 7) is 2.00. The number of aromatic carboxylic acids is 1. The largest absolute Gasteiger partial charge is 0.478 e. The monoisotopic (exact) mass is 355 g/mol. The zero-order chi connectivity index (χ0) is 15.4. The molecule has 1 atom stereocenters. The standard InChI is InChI=1S/C15H18BrNO4/c1-21-9-10-3-2-4-17(8-10)14(18)11-5-12(15(19)20)7-13(16)6-11/h5-7,10H,2-4,8-9H2,1H3,(H,19,20). The summed E-state index contributed by atoms with van der Waals surface area (Å²) >= 11 is 3.26. The van der Waals surface area contributed by atoms with Gasteiger partial charge in [0, 0.05) is 30.2 Å². The van der Waals surface area contributed by atoms with E-state index in [9.17, 15) is 9.59 Å². The molecule has 1 heterocycles. The quantitative estimate of drug-likeness (QED) is 0.901. The Labute approximate surface area is 132 Å². The number of hydrogen-bond donors (Lipinski definition) is 1. The smallest absolute Gasteiger partial charge is 0.335 e. The topological polar surface area (TPSA) is 66.8 Å². The van der Waals surface area contributed by atoms with Crippen LogP contribution in [0.4, 0.5) is 0 Å². The van der Waals surface area contributed by atoms with E-state index in [-0.39, 0.29) is 11.5 Å². The third-order valence-corrected chi connectivity index (χ3v) is 4.06. The zero-order valence-corrected chi connectivity index (χ0v) is 13.4. The molecule has 1 saturated heterocycles. The van der Waals surface area contributed by atoms with E-state index in [4.69, 9.17) is 9.84 Å². The molecule has 0 saturated carbocycles. The number of halogens is 1. The van der Waals surface area contributed by atoms with E-state index >= 15 is 0 Å². The normalized spacial score (nSPS) is 18.6. The average Bonchev–Trinajstić information content (AvgIpc) is 2.46. The summed E-state index contributed by atoms with van der Waals surface area (Å²) in [5.41, 5.74) is 0.512. The summed E-state index contributed by atoms with van der Waals surface area (Å²) in [6, 6.07) is 4.58. The number of piperidine rings is 1. The Balaban J connectivity index is 2.17. The highest BCUT2D eigenvalue weighted by atomic mass is 79.9. The fourth-order valence-electron chi connectivity index (χ4n) is 2.64. The van der Waals surface area contributed by atoms with Gasteiger partial charge >= 0.3 is 5.97 Å². The summed E-state index contributed by atoms with van der Waals surface area (Å²) in [4.78, 5) is 25.4. The first-order valence-electron chi connectivity index (χ1n) is 6.83. The van der Waals surface area contributed by atoms with Crippen LogP contribution in [0.3, 0.4) is 0 Å². The van der Waals surface area contributed by atoms with Crippen molar-refractivity contribution in [1.82, 2.24) is 4.90 Å². The molecule has 0 aliphatic carbocycles. The molecule has 0 aromatic heterocycles. The number of likely N-dealkylation sites (tertiary alicyclic amines) is 1. The minimum absolute atomic E-state index is 0.109. The van der Waals surface area contributed by atoms with Gasteiger partial charge in [0.2, 0.25) is 0 Å². The van der Waals surface area contributed by atoms with E-state index in [2.05, 4.69) is 15.9 Å². The third kappa shape index (κ3) is 4.04. The van der Waals surface area contributed by atoms with Crippen LogP contribution < -0.4 is 0 Å². The second kappa shape index (κ2) is 7.04. The number of nitrogens with zero attached hydrogens (tertiary/aromatic N) is 1. The number of ether oxygens (including phenoxy) is 1. The van der Waals surface area contributed by atoms with Crippen LogP contribution in [-0.4, -0.2) is 48.7 Å². The Bertz CT molecular complexity index is 544. The fourth-order valence-corrected chi connectivity index (χ4v) is 3.13. The number of amides is 1. The maximum atomic E-state index is 12.5. The van der Waals surface area contributed by atoms with Crippen LogP contribution in [0.5, 0.6) is 0 Å². The third-order valence-electron chi connectivity index (χ3n) is 3.60. The molecule has 1 aromatic rings. The van der Waals surface area contributed by atoms with Gasteiger partial charge in [0.15, 0.2) is 0 Å². The predicted molar refractivity (Wildman–Crippen MR) is 81.6 cm³/mol. The van der Waals surface area contributed by atoms with E-state index in [1.54, 1.807) is 18.1 Å².